The van der Waals surface area contributed by atoms with E-state index in [1.165, 1.54) is 17.0 Å². The highest BCUT2D eigenvalue weighted by atomic mass is 19.4. The monoisotopic (exact) mass is 471 g/mol. The SMILES string of the molecule is CCc1c(N2C(=O)N(c3ccc(C#N)c(C(F)(F)F)c3)C3CCCCC32)ccc(C(=O)O)c1C. The minimum atomic E-state index is -4.73. The number of rotatable bonds is 4. The number of hydrogen-bond donors (Lipinski definition) is 1. The molecule has 2 aromatic rings. The average molecular weight is 471 g/mol. The quantitative estimate of drug-likeness (QED) is 0.601. The smallest absolute Gasteiger partial charge is 0.417 e. The van der Waals surface area contributed by atoms with Crippen molar-refractivity contribution in [2.75, 3.05) is 9.80 Å². The van der Waals surface area contributed by atoms with Gasteiger partial charge in [0.2, 0.25) is 0 Å². The van der Waals surface area contributed by atoms with Crippen LogP contribution in [0.5, 0.6) is 0 Å². The van der Waals surface area contributed by atoms with Gasteiger partial charge < -0.3 is 5.11 Å². The largest absolute Gasteiger partial charge is 0.478 e. The Balaban J connectivity index is 1.84. The molecule has 2 atom stereocenters. The van der Waals surface area contributed by atoms with E-state index >= 15 is 0 Å². The van der Waals surface area contributed by atoms with Crippen LogP contribution in [0.4, 0.5) is 29.3 Å². The fraction of sp³-hybridized carbons (Fsp3) is 0.400. The molecule has 34 heavy (non-hydrogen) atoms. The number of alkyl halides is 3. The number of nitriles is 1. The molecular formula is C25H24F3N3O3. The lowest BCUT2D eigenvalue weighted by Crippen LogP contribution is -2.40. The Labute approximate surface area is 195 Å². The molecule has 178 valence electrons. The highest BCUT2D eigenvalue weighted by Gasteiger charge is 2.49. The Kier molecular flexibility index (Phi) is 6.02. The van der Waals surface area contributed by atoms with E-state index < -0.39 is 29.3 Å². The summed E-state index contributed by atoms with van der Waals surface area (Å²) in [6.07, 6.45) is -1.17. The van der Waals surface area contributed by atoms with Gasteiger partial charge in [0.05, 0.1) is 34.8 Å². The number of urea groups is 1. The third-order valence-electron chi connectivity index (χ3n) is 6.89. The number of anilines is 2. The number of carboxylic acid groups (broad SMARTS) is 1. The molecule has 1 saturated carbocycles. The van der Waals surface area contributed by atoms with Crippen molar-refractivity contribution in [2.24, 2.45) is 0 Å². The summed E-state index contributed by atoms with van der Waals surface area (Å²) in [6, 6.07) is 7.05. The predicted octanol–water partition coefficient (Wildman–Crippen LogP) is 5.90. The first-order chi connectivity index (χ1) is 16.1. The minimum Gasteiger partial charge on any atom is -0.478 e. The van der Waals surface area contributed by atoms with E-state index in [2.05, 4.69) is 0 Å². The molecule has 2 unspecified atom stereocenters. The molecule has 4 rings (SSSR count). The number of fused-ring (bicyclic) bond motifs is 1. The molecule has 2 amide bonds. The minimum absolute atomic E-state index is 0.104. The van der Waals surface area contributed by atoms with Gasteiger partial charge in [0.25, 0.3) is 0 Å². The zero-order valence-electron chi connectivity index (χ0n) is 18.8. The number of carbonyl (C=O) groups is 2. The van der Waals surface area contributed by atoms with E-state index in [1.54, 1.807) is 24.0 Å². The number of hydrogen-bond acceptors (Lipinski definition) is 3. The van der Waals surface area contributed by atoms with E-state index in [-0.39, 0.29) is 23.3 Å². The summed E-state index contributed by atoms with van der Waals surface area (Å²) in [7, 11) is 0. The van der Waals surface area contributed by atoms with Crippen molar-refractivity contribution >= 4 is 23.4 Å². The summed E-state index contributed by atoms with van der Waals surface area (Å²) in [4.78, 5) is 28.4. The van der Waals surface area contributed by atoms with Crippen molar-refractivity contribution < 1.29 is 27.9 Å². The standard InChI is InChI=1S/C25H24F3N3O3/c1-3-17-14(2)18(23(32)33)10-11-20(17)31-22-7-5-4-6-21(22)30(24(31)34)16-9-8-15(13-29)19(12-16)25(26,27)28/h8-12,21-22H,3-7H2,1-2H3,(H,32,33). The molecule has 1 saturated heterocycles. The maximum Gasteiger partial charge on any atom is 0.417 e. The van der Waals surface area contributed by atoms with E-state index in [9.17, 15) is 27.9 Å². The molecule has 0 radical (unpaired) electrons. The van der Waals surface area contributed by atoms with Gasteiger partial charge >= 0.3 is 18.2 Å². The molecule has 2 aromatic carbocycles. The normalized spacial score (nSPS) is 20.3. The number of amides is 2. The van der Waals surface area contributed by atoms with Gasteiger partial charge in [-0.2, -0.15) is 18.4 Å². The van der Waals surface area contributed by atoms with E-state index in [4.69, 9.17) is 5.26 Å². The van der Waals surface area contributed by atoms with Gasteiger partial charge in [-0.15, -0.1) is 0 Å². The lowest BCUT2D eigenvalue weighted by Gasteiger charge is -2.32. The maximum atomic E-state index is 13.8. The summed E-state index contributed by atoms with van der Waals surface area (Å²) in [5, 5.41) is 18.6. The molecule has 1 N–H and O–H groups in total. The number of carboxylic acids is 1. The lowest BCUT2D eigenvalue weighted by molar-refractivity contribution is -0.137. The Morgan fingerprint density at radius 1 is 1.15 bits per heavy atom. The van der Waals surface area contributed by atoms with Crippen molar-refractivity contribution in [1.82, 2.24) is 0 Å². The molecule has 1 aliphatic carbocycles. The van der Waals surface area contributed by atoms with Crippen molar-refractivity contribution in [2.45, 2.75) is 64.2 Å². The molecule has 9 heteroatoms. The molecule has 2 fully saturated rings. The average Bonchev–Trinajstić information content (AvgIpc) is 3.09. The van der Waals surface area contributed by atoms with Crippen LogP contribution in [0.15, 0.2) is 30.3 Å². The second kappa shape index (κ2) is 8.67. The molecule has 0 aromatic heterocycles. The van der Waals surface area contributed by atoms with Gasteiger partial charge in [-0.3, -0.25) is 9.80 Å². The third kappa shape index (κ3) is 3.77. The molecule has 2 aliphatic rings. The predicted molar refractivity (Wildman–Crippen MR) is 120 cm³/mol. The second-order valence-electron chi connectivity index (χ2n) is 8.68. The summed E-state index contributed by atoms with van der Waals surface area (Å²) in [5.74, 6) is -1.05. The van der Waals surface area contributed by atoms with Crippen LogP contribution in [0.3, 0.4) is 0 Å². The van der Waals surface area contributed by atoms with Crippen LogP contribution >= 0.6 is 0 Å². The van der Waals surface area contributed by atoms with Crippen LogP contribution < -0.4 is 9.80 Å². The van der Waals surface area contributed by atoms with Gasteiger partial charge in [0, 0.05) is 11.4 Å². The van der Waals surface area contributed by atoms with Gasteiger partial charge in [0.15, 0.2) is 0 Å². The van der Waals surface area contributed by atoms with E-state index in [1.807, 2.05) is 6.92 Å². The maximum absolute atomic E-state index is 13.8. The fourth-order valence-corrected chi connectivity index (χ4v) is 5.34. The zero-order valence-corrected chi connectivity index (χ0v) is 18.8. The van der Waals surface area contributed by atoms with Gasteiger partial charge in [-0.1, -0.05) is 19.8 Å². The van der Waals surface area contributed by atoms with Gasteiger partial charge in [-0.25, -0.2) is 9.59 Å². The van der Waals surface area contributed by atoms with Crippen LogP contribution in [0, 0.1) is 18.3 Å². The van der Waals surface area contributed by atoms with Crippen LogP contribution in [-0.2, 0) is 12.6 Å². The van der Waals surface area contributed by atoms with Crippen molar-refractivity contribution in [3.63, 3.8) is 0 Å². The highest BCUT2D eigenvalue weighted by Crippen LogP contribution is 2.43. The first kappa shape index (κ1) is 23.6. The third-order valence-corrected chi connectivity index (χ3v) is 6.89. The van der Waals surface area contributed by atoms with Crippen molar-refractivity contribution in [3.8, 4) is 6.07 Å². The Bertz CT molecular complexity index is 1200. The van der Waals surface area contributed by atoms with Crippen molar-refractivity contribution in [3.05, 3.63) is 58.1 Å². The zero-order chi connectivity index (χ0) is 24.8. The van der Waals surface area contributed by atoms with E-state index in [0.29, 0.717) is 30.5 Å². The van der Waals surface area contributed by atoms with Crippen molar-refractivity contribution in [1.29, 1.82) is 5.26 Å². The van der Waals surface area contributed by atoms with E-state index in [0.717, 1.165) is 30.5 Å². The Morgan fingerprint density at radius 3 is 2.35 bits per heavy atom. The second-order valence-corrected chi connectivity index (χ2v) is 8.68. The first-order valence-electron chi connectivity index (χ1n) is 11.2. The molecular weight excluding hydrogens is 447 g/mol. The number of nitrogens with zero attached hydrogens (tertiary/aromatic N) is 3. The molecule has 1 heterocycles. The van der Waals surface area contributed by atoms with Crippen LogP contribution in [0.2, 0.25) is 0 Å². The number of aromatic carboxylic acids is 1. The Hall–Kier alpha value is -3.54. The number of carbonyl (C=O) groups excluding carboxylic acids is 1. The topological polar surface area (TPSA) is 84.6 Å². The molecule has 0 spiro atoms. The molecule has 0 bridgehead atoms. The fourth-order valence-electron chi connectivity index (χ4n) is 5.34. The lowest BCUT2D eigenvalue weighted by atomic mass is 9.89. The Morgan fingerprint density at radius 2 is 1.79 bits per heavy atom. The number of halogens is 3. The van der Waals surface area contributed by atoms with Gasteiger partial charge in [0.1, 0.15) is 0 Å². The summed E-state index contributed by atoms with van der Waals surface area (Å²) in [6.45, 7) is 3.59. The number of benzene rings is 2. The highest BCUT2D eigenvalue weighted by molar-refractivity contribution is 6.08. The molecule has 1 aliphatic heterocycles. The van der Waals surface area contributed by atoms with Crippen LogP contribution in [0.1, 0.15) is 65.2 Å². The van der Waals surface area contributed by atoms with Crippen LogP contribution in [-0.4, -0.2) is 29.2 Å². The van der Waals surface area contributed by atoms with Gasteiger partial charge in [-0.05, 0) is 67.6 Å². The summed E-state index contributed by atoms with van der Waals surface area (Å²) >= 11 is 0. The summed E-state index contributed by atoms with van der Waals surface area (Å²) < 4.78 is 40.8. The molecule has 6 nitrogen and oxygen atoms in total. The first-order valence-corrected chi connectivity index (χ1v) is 11.2. The summed E-state index contributed by atoms with van der Waals surface area (Å²) in [5.41, 5.74) is 0.604. The van der Waals surface area contributed by atoms with Crippen LogP contribution in [0.25, 0.3) is 0 Å².